The normalized spacial score (nSPS) is 15.2. The monoisotopic (exact) mass is 367 g/mol. The fourth-order valence-electron chi connectivity index (χ4n) is 3.12. The van der Waals surface area contributed by atoms with Crippen LogP contribution in [0, 0.1) is 0 Å². The molecule has 0 atom stereocenters. The average Bonchev–Trinajstić information content (AvgIpc) is 2.69. The zero-order valence-corrected chi connectivity index (χ0v) is 15.7. The maximum atomic E-state index is 12.4. The summed E-state index contributed by atoms with van der Waals surface area (Å²) in [5.74, 6) is 0.278. The molecule has 0 spiro atoms. The number of carbonyl (C=O) groups is 2. The van der Waals surface area contributed by atoms with Crippen molar-refractivity contribution in [3.63, 3.8) is 0 Å². The summed E-state index contributed by atoms with van der Waals surface area (Å²) in [5, 5.41) is 2.67. The van der Waals surface area contributed by atoms with E-state index in [9.17, 15) is 9.59 Å². The van der Waals surface area contributed by atoms with Gasteiger partial charge in [0, 0.05) is 18.8 Å². The molecule has 0 saturated carbocycles. The molecule has 1 aliphatic heterocycles. The molecular weight excluding hydrogens is 342 g/mol. The highest BCUT2D eigenvalue weighted by Crippen LogP contribution is 2.22. The lowest BCUT2D eigenvalue weighted by molar-refractivity contribution is -0.144. The van der Waals surface area contributed by atoms with E-state index in [2.05, 4.69) is 17.3 Å². The molecule has 1 fully saturated rings. The maximum absolute atomic E-state index is 12.4. The molecule has 0 bridgehead atoms. The average molecular weight is 367 g/mol. The molecule has 2 aromatic rings. The molecule has 0 aliphatic carbocycles. The summed E-state index contributed by atoms with van der Waals surface area (Å²) in [6, 6.07) is 16.5. The van der Waals surface area contributed by atoms with Gasteiger partial charge in [-0.15, -0.1) is 0 Å². The Kier molecular flexibility index (Phi) is 6.08. The van der Waals surface area contributed by atoms with Gasteiger partial charge >= 0.3 is 11.8 Å². The van der Waals surface area contributed by atoms with Crippen LogP contribution in [0.4, 0.5) is 5.69 Å². The molecule has 3 rings (SSSR count). The molecule has 2 aromatic carbocycles. The SMILES string of the molecule is CN1CCC(N(C)C(=O)C(=O)Nc2ccc(Oc3ccccc3)cc2)CC1. The van der Waals surface area contributed by atoms with Crippen LogP contribution in [0.15, 0.2) is 54.6 Å². The lowest BCUT2D eigenvalue weighted by atomic mass is 10.0. The molecule has 6 nitrogen and oxygen atoms in total. The van der Waals surface area contributed by atoms with Crippen molar-refractivity contribution in [2.24, 2.45) is 0 Å². The Morgan fingerprint density at radius 3 is 2.22 bits per heavy atom. The quantitative estimate of drug-likeness (QED) is 0.844. The largest absolute Gasteiger partial charge is 0.457 e. The number of nitrogens with one attached hydrogen (secondary N) is 1. The van der Waals surface area contributed by atoms with E-state index in [1.807, 2.05) is 30.3 Å². The van der Waals surface area contributed by atoms with Gasteiger partial charge in [-0.05, 0) is 69.4 Å². The van der Waals surface area contributed by atoms with E-state index >= 15 is 0 Å². The molecule has 1 N–H and O–H groups in total. The van der Waals surface area contributed by atoms with E-state index in [1.165, 1.54) is 0 Å². The number of amides is 2. The summed E-state index contributed by atoms with van der Waals surface area (Å²) >= 11 is 0. The molecular formula is C21H25N3O3. The first-order chi connectivity index (χ1) is 13.0. The van der Waals surface area contributed by atoms with Crippen molar-refractivity contribution in [1.29, 1.82) is 0 Å². The third-order valence-electron chi connectivity index (χ3n) is 4.84. The number of anilines is 1. The summed E-state index contributed by atoms with van der Waals surface area (Å²) in [6.07, 6.45) is 1.77. The lowest BCUT2D eigenvalue weighted by Gasteiger charge is -2.34. The van der Waals surface area contributed by atoms with E-state index in [-0.39, 0.29) is 6.04 Å². The minimum absolute atomic E-state index is 0.112. The highest BCUT2D eigenvalue weighted by Gasteiger charge is 2.27. The first kappa shape index (κ1) is 18.9. The standard InChI is InChI=1S/C21H25N3O3/c1-23-14-12-17(13-15-23)24(2)21(26)20(25)22-16-8-10-19(11-9-16)27-18-6-4-3-5-7-18/h3-11,17H,12-15H2,1-2H3,(H,22,25). The van der Waals surface area contributed by atoms with Crippen molar-refractivity contribution < 1.29 is 14.3 Å². The number of hydrogen-bond acceptors (Lipinski definition) is 4. The van der Waals surface area contributed by atoms with Gasteiger partial charge in [-0.2, -0.15) is 0 Å². The maximum Gasteiger partial charge on any atom is 0.313 e. The van der Waals surface area contributed by atoms with Crippen molar-refractivity contribution in [3.05, 3.63) is 54.6 Å². The van der Waals surface area contributed by atoms with Gasteiger partial charge in [0.15, 0.2) is 0 Å². The number of carbonyl (C=O) groups excluding carboxylic acids is 2. The Morgan fingerprint density at radius 1 is 1.00 bits per heavy atom. The fraction of sp³-hybridized carbons (Fsp3) is 0.333. The van der Waals surface area contributed by atoms with Gasteiger partial charge in [-0.3, -0.25) is 9.59 Å². The molecule has 1 aliphatic rings. The van der Waals surface area contributed by atoms with Gasteiger partial charge in [0.25, 0.3) is 0 Å². The minimum Gasteiger partial charge on any atom is -0.457 e. The van der Waals surface area contributed by atoms with Crippen LogP contribution in [0.25, 0.3) is 0 Å². The van der Waals surface area contributed by atoms with Crippen LogP contribution in [0.1, 0.15) is 12.8 Å². The van der Waals surface area contributed by atoms with E-state index in [4.69, 9.17) is 4.74 Å². The molecule has 1 heterocycles. The number of hydrogen-bond donors (Lipinski definition) is 1. The van der Waals surface area contributed by atoms with Gasteiger partial charge < -0.3 is 19.9 Å². The Hall–Kier alpha value is -2.86. The molecule has 27 heavy (non-hydrogen) atoms. The van der Waals surface area contributed by atoms with Gasteiger partial charge in [0.05, 0.1) is 0 Å². The van der Waals surface area contributed by atoms with Gasteiger partial charge in [0.1, 0.15) is 11.5 Å². The molecule has 142 valence electrons. The zero-order valence-electron chi connectivity index (χ0n) is 15.7. The summed E-state index contributed by atoms with van der Waals surface area (Å²) in [6.45, 7) is 1.87. The topological polar surface area (TPSA) is 61.9 Å². The second-order valence-corrected chi connectivity index (χ2v) is 6.84. The summed E-state index contributed by atoms with van der Waals surface area (Å²) in [7, 11) is 3.77. The first-order valence-corrected chi connectivity index (χ1v) is 9.12. The van der Waals surface area contributed by atoms with E-state index in [0.29, 0.717) is 11.4 Å². The van der Waals surface area contributed by atoms with Crippen molar-refractivity contribution in [2.75, 3.05) is 32.5 Å². The number of nitrogens with zero attached hydrogens (tertiary/aromatic N) is 2. The van der Waals surface area contributed by atoms with E-state index < -0.39 is 11.8 Å². The zero-order chi connectivity index (χ0) is 19.2. The van der Waals surface area contributed by atoms with Crippen LogP contribution in [-0.2, 0) is 9.59 Å². The molecule has 0 unspecified atom stereocenters. The molecule has 2 amide bonds. The highest BCUT2D eigenvalue weighted by atomic mass is 16.5. The summed E-state index contributed by atoms with van der Waals surface area (Å²) in [5.41, 5.74) is 0.561. The summed E-state index contributed by atoms with van der Waals surface area (Å²) in [4.78, 5) is 28.5. The number of rotatable bonds is 4. The Balaban J connectivity index is 1.54. The fourth-order valence-corrected chi connectivity index (χ4v) is 3.12. The van der Waals surface area contributed by atoms with E-state index in [1.54, 1.807) is 36.2 Å². The van der Waals surface area contributed by atoms with Gasteiger partial charge in [-0.25, -0.2) is 0 Å². The smallest absolute Gasteiger partial charge is 0.313 e. The number of piperidine rings is 1. The number of para-hydroxylation sites is 1. The van der Waals surface area contributed by atoms with Crippen LogP contribution in [0.2, 0.25) is 0 Å². The molecule has 0 radical (unpaired) electrons. The van der Waals surface area contributed by atoms with Crippen molar-refractivity contribution in [1.82, 2.24) is 9.80 Å². The molecule has 6 heteroatoms. The molecule has 0 aromatic heterocycles. The van der Waals surface area contributed by atoms with Crippen molar-refractivity contribution in [3.8, 4) is 11.5 Å². The lowest BCUT2D eigenvalue weighted by Crippen LogP contribution is -2.47. The van der Waals surface area contributed by atoms with Gasteiger partial charge in [0.2, 0.25) is 0 Å². The van der Waals surface area contributed by atoms with Crippen LogP contribution in [0.5, 0.6) is 11.5 Å². The number of ether oxygens (including phenoxy) is 1. The third-order valence-corrected chi connectivity index (χ3v) is 4.84. The highest BCUT2D eigenvalue weighted by molar-refractivity contribution is 6.39. The minimum atomic E-state index is -0.617. The molecule has 1 saturated heterocycles. The second kappa shape index (κ2) is 8.68. The third kappa shape index (κ3) is 5.08. The Labute approximate surface area is 159 Å². The number of likely N-dealkylation sites (N-methyl/N-ethyl adjacent to an activating group) is 1. The van der Waals surface area contributed by atoms with Crippen LogP contribution in [-0.4, -0.2) is 54.8 Å². The summed E-state index contributed by atoms with van der Waals surface area (Å²) < 4.78 is 5.72. The van der Waals surface area contributed by atoms with Gasteiger partial charge in [-0.1, -0.05) is 18.2 Å². The number of benzene rings is 2. The number of likely N-dealkylation sites (tertiary alicyclic amines) is 1. The van der Waals surface area contributed by atoms with Crippen LogP contribution in [0.3, 0.4) is 0 Å². The van der Waals surface area contributed by atoms with Crippen molar-refractivity contribution >= 4 is 17.5 Å². The van der Waals surface area contributed by atoms with Crippen molar-refractivity contribution in [2.45, 2.75) is 18.9 Å². The predicted molar refractivity (Wildman–Crippen MR) is 105 cm³/mol. The Morgan fingerprint density at radius 2 is 1.59 bits per heavy atom. The second-order valence-electron chi connectivity index (χ2n) is 6.84. The van der Waals surface area contributed by atoms with Crippen LogP contribution < -0.4 is 10.1 Å². The first-order valence-electron chi connectivity index (χ1n) is 9.12. The predicted octanol–water partition coefficient (Wildman–Crippen LogP) is 2.97. The Bertz CT molecular complexity index is 769. The van der Waals surface area contributed by atoms with E-state index in [0.717, 1.165) is 31.7 Å². The van der Waals surface area contributed by atoms with Crippen LogP contribution >= 0.6 is 0 Å².